The Labute approximate surface area is 251 Å². The zero-order valence-electron chi connectivity index (χ0n) is 25.9. The zero-order chi connectivity index (χ0) is 31.8. The molecule has 1 unspecified atom stereocenters. The minimum Gasteiger partial charge on any atom is -0.431 e. The molecule has 1 aliphatic rings. The summed E-state index contributed by atoms with van der Waals surface area (Å²) in [5, 5.41) is 0. The molecule has 1 atom stereocenters. The van der Waals surface area contributed by atoms with Crippen molar-refractivity contribution in [3.8, 4) is 5.75 Å². The number of piperazine rings is 1. The Bertz CT molecular complexity index is 1270. The molecule has 0 spiro atoms. The van der Waals surface area contributed by atoms with Gasteiger partial charge in [0.15, 0.2) is 5.75 Å². The average Bonchev–Trinajstić information content (AvgIpc) is 2.93. The van der Waals surface area contributed by atoms with Crippen molar-refractivity contribution in [3.63, 3.8) is 0 Å². The van der Waals surface area contributed by atoms with Crippen molar-refractivity contribution in [2.45, 2.75) is 67.9 Å². The number of anilines is 1. The molecule has 1 heterocycles. The average molecular weight is 607 g/mol. The number of allylic oxidation sites excluding steroid dienone is 5. The molecule has 1 fully saturated rings. The molecule has 1 N–H and O–H groups in total. The summed E-state index contributed by atoms with van der Waals surface area (Å²) in [4.78, 5) is 34.5. The monoisotopic (exact) mass is 606 g/mol. The van der Waals surface area contributed by atoms with Gasteiger partial charge in [0.25, 0.3) is 5.91 Å². The van der Waals surface area contributed by atoms with Gasteiger partial charge in [0.1, 0.15) is 11.0 Å². The van der Waals surface area contributed by atoms with Gasteiger partial charge in [-0.15, -0.1) is 0 Å². The van der Waals surface area contributed by atoms with Gasteiger partial charge in [-0.25, -0.2) is 4.21 Å². The number of nitrogens with one attached hydrogen (secondary N) is 1. The number of hydrogen-bond acceptors (Lipinski definition) is 5. The predicted octanol–water partition coefficient (Wildman–Crippen LogP) is 6.56. The quantitative estimate of drug-likeness (QED) is 0.215. The first-order valence-electron chi connectivity index (χ1n) is 14.1. The lowest BCUT2D eigenvalue weighted by molar-refractivity contribution is -0.158. The van der Waals surface area contributed by atoms with Crippen molar-refractivity contribution in [1.82, 2.24) is 9.80 Å². The van der Waals surface area contributed by atoms with E-state index in [9.17, 15) is 22.6 Å². The van der Waals surface area contributed by atoms with Crippen molar-refractivity contribution in [2.75, 3.05) is 30.9 Å². The van der Waals surface area contributed by atoms with Crippen LogP contribution in [0.3, 0.4) is 0 Å². The Morgan fingerprint density at radius 3 is 2.21 bits per heavy atom. The number of carbonyl (C=O) groups excluding carboxylic acids is 2. The van der Waals surface area contributed by atoms with Gasteiger partial charge in [-0.3, -0.25) is 19.3 Å². The molecule has 1 aromatic rings. The van der Waals surface area contributed by atoms with E-state index in [1.165, 1.54) is 18.2 Å². The lowest BCUT2D eigenvalue weighted by atomic mass is 9.82. The number of aliphatic imine (C=N–C) groups is 1. The van der Waals surface area contributed by atoms with Gasteiger partial charge in [0, 0.05) is 38.7 Å². The molecule has 0 bridgehead atoms. The predicted molar refractivity (Wildman–Crippen MR) is 166 cm³/mol. The van der Waals surface area contributed by atoms with E-state index < -0.39 is 22.5 Å². The van der Waals surface area contributed by atoms with Crippen molar-refractivity contribution < 1.29 is 27.3 Å². The van der Waals surface area contributed by atoms with Crippen LogP contribution in [0.5, 0.6) is 5.75 Å². The van der Waals surface area contributed by atoms with E-state index in [1.807, 2.05) is 66.7 Å². The summed E-state index contributed by atoms with van der Waals surface area (Å²) in [6.07, 6.45) is 2.59. The highest BCUT2D eigenvalue weighted by Crippen LogP contribution is 2.34. The fourth-order valence-corrected chi connectivity index (χ4v) is 6.08. The van der Waals surface area contributed by atoms with E-state index >= 15 is 0 Å². The van der Waals surface area contributed by atoms with Gasteiger partial charge in [-0.1, -0.05) is 39.0 Å². The van der Waals surface area contributed by atoms with E-state index in [2.05, 4.69) is 16.4 Å². The van der Waals surface area contributed by atoms with Crippen LogP contribution in [0.1, 0.15) is 72.2 Å². The first kappa shape index (κ1) is 34.9. The molecule has 8 nitrogen and oxygen atoms in total. The molecule has 2 rings (SSSR count). The first-order valence-corrected chi connectivity index (χ1v) is 15.2. The highest BCUT2D eigenvalue weighted by atomic mass is 32.2. The summed E-state index contributed by atoms with van der Waals surface area (Å²) in [5.74, 6) is -0.765. The summed E-state index contributed by atoms with van der Waals surface area (Å²) in [6, 6.07) is 4.10. The number of amides is 2. The maximum Gasteiger partial charge on any atom is 0.394 e. The van der Waals surface area contributed by atoms with Crippen LogP contribution in [-0.2, 0) is 15.8 Å². The maximum absolute atomic E-state index is 14.0. The minimum atomic E-state index is -3.55. The SMILES string of the molecule is C=N/C(=C(/CC)S(=O)Nc1ccc(C(=O)N2CCN(C(=O)C(C)(C)C(/C=C\C)=C/C)CC2)cc1OC(C)(F)F)C(C)C. The number of nitrogens with zero attached hydrogens (tertiary/aromatic N) is 3. The van der Waals surface area contributed by atoms with Crippen molar-refractivity contribution in [1.29, 1.82) is 0 Å². The number of halogens is 2. The van der Waals surface area contributed by atoms with Crippen molar-refractivity contribution in [2.24, 2.45) is 16.3 Å². The van der Waals surface area contributed by atoms with E-state index in [4.69, 9.17) is 4.74 Å². The van der Waals surface area contributed by atoms with Crippen LogP contribution >= 0.6 is 0 Å². The number of benzene rings is 1. The third-order valence-corrected chi connectivity index (χ3v) is 8.39. The molecule has 0 aliphatic carbocycles. The number of hydrogen-bond donors (Lipinski definition) is 1. The van der Waals surface area contributed by atoms with Crippen LogP contribution in [0.15, 0.2) is 57.6 Å². The fraction of sp³-hybridized carbons (Fsp3) is 0.516. The molecular formula is C31H44F2N4O4S. The maximum atomic E-state index is 14.0. The lowest BCUT2D eigenvalue weighted by Crippen LogP contribution is -2.53. The van der Waals surface area contributed by atoms with Gasteiger partial charge < -0.3 is 14.5 Å². The van der Waals surface area contributed by atoms with Gasteiger partial charge in [-0.05, 0) is 70.5 Å². The zero-order valence-corrected chi connectivity index (χ0v) is 26.7. The van der Waals surface area contributed by atoms with Crippen LogP contribution in [0.25, 0.3) is 0 Å². The van der Waals surface area contributed by atoms with Crippen molar-refractivity contribution in [3.05, 3.63) is 58.2 Å². The second-order valence-corrected chi connectivity index (χ2v) is 12.2. The fourth-order valence-electron chi connectivity index (χ4n) is 4.84. The molecule has 0 saturated carbocycles. The van der Waals surface area contributed by atoms with E-state index in [0.29, 0.717) is 37.0 Å². The first-order chi connectivity index (χ1) is 19.6. The summed E-state index contributed by atoms with van der Waals surface area (Å²) >= 11 is 0. The molecular weight excluding hydrogens is 562 g/mol. The smallest absolute Gasteiger partial charge is 0.394 e. The molecule has 0 radical (unpaired) electrons. The molecule has 1 saturated heterocycles. The topological polar surface area (TPSA) is 91.3 Å². The van der Waals surface area contributed by atoms with Crippen LogP contribution < -0.4 is 9.46 Å². The molecule has 0 aromatic heterocycles. The van der Waals surface area contributed by atoms with Gasteiger partial charge >= 0.3 is 6.11 Å². The Hall–Kier alpha value is -3.34. The standard InChI is InChI=1S/C31H44F2N4O4S/c1-10-13-23(11-2)30(6,7)29(39)37-18-16-36(17-19-37)28(38)22-14-15-24(25(20-22)41-31(8,32)33)35-42(40)26(12-3)27(34-9)21(4)5/h10-11,13-15,20-21,35H,9,12,16-19H2,1-8H3/b13-10-,23-11+,27-26-. The lowest BCUT2D eigenvalue weighted by Gasteiger charge is -2.39. The molecule has 1 aliphatic heterocycles. The number of alkyl halides is 2. The molecule has 11 heteroatoms. The normalized spacial score (nSPS) is 16.4. The second kappa shape index (κ2) is 14.7. The number of carbonyl (C=O) groups is 2. The summed E-state index contributed by atoms with van der Waals surface area (Å²) in [6.45, 7) is 18.6. The number of rotatable bonds is 12. The van der Waals surface area contributed by atoms with Crippen LogP contribution in [0, 0.1) is 11.3 Å². The van der Waals surface area contributed by atoms with Crippen molar-refractivity contribution >= 4 is 35.2 Å². The Kier molecular flexibility index (Phi) is 12.2. The Morgan fingerprint density at radius 2 is 1.74 bits per heavy atom. The summed E-state index contributed by atoms with van der Waals surface area (Å²) < 4.78 is 48.8. The Morgan fingerprint density at radius 1 is 1.14 bits per heavy atom. The van der Waals surface area contributed by atoms with E-state index in [0.717, 1.165) is 5.57 Å². The van der Waals surface area contributed by atoms with Crippen LogP contribution in [0.4, 0.5) is 14.5 Å². The molecule has 42 heavy (non-hydrogen) atoms. The second-order valence-electron chi connectivity index (χ2n) is 10.9. The highest BCUT2D eigenvalue weighted by molar-refractivity contribution is 7.90. The highest BCUT2D eigenvalue weighted by Gasteiger charge is 2.36. The molecule has 2 amide bonds. The largest absolute Gasteiger partial charge is 0.431 e. The van der Waals surface area contributed by atoms with E-state index in [-0.39, 0.29) is 47.8 Å². The van der Waals surface area contributed by atoms with Gasteiger partial charge in [0.2, 0.25) is 5.91 Å². The molecule has 232 valence electrons. The van der Waals surface area contributed by atoms with Crippen LogP contribution in [0.2, 0.25) is 0 Å². The number of ether oxygens (including phenoxy) is 1. The molecule has 1 aromatic carbocycles. The van der Waals surface area contributed by atoms with Gasteiger partial charge in [0.05, 0.1) is 21.7 Å². The van der Waals surface area contributed by atoms with Crippen LogP contribution in [-0.4, -0.2) is 64.8 Å². The Balaban J connectivity index is 2.28. The minimum absolute atomic E-state index is 0.0298. The summed E-state index contributed by atoms with van der Waals surface area (Å²) in [7, 11) is -1.81. The third-order valence-electron chi connectivity index (χ3n) is 7.04. The summed E-state index contributed by atoms with van der Waals surface area (Å²) in [5.41, 5.74) is 0.924. The third kappa shape index (κ3) is 8.59. The van der Waals surface area contributed by atoms with Gasteiger partial charge in [-0.2, -0.15) is 8.78 Å². The van der Waals surface area contributed by atoms with E-state index in [1.54, 1.807) is 9.80 Å².